The third-order valence-corrected chi connectivity index (χ3v) is 1.35. The maximum absolute atomic E-state index is 10.8. The fraction of sp³-hybridized carbons (Fsp3) is 0.667. The summed E-state index contributed by atoms with van der Waals surface area (Å²) >= 11 is 4.69. The van der Waals surface area contributed by atoms with Crippen molar-refractivity contribution in [2.24, 2.45) is 0 Å². The van der Waals surface area contributed by atoms with Crippen molar-refractivity contribution in [1.82, 2.24) is 9.80 Å². The van der Waals surface area contributed by atoms with Crippen molar-refractivity contribution < 1.29 is 14.6 Å². The minimum absolute atomic E-state index is 0.102. The van der Waals surface area contributed by atoms with Gasteiger partial charge in [0.2, 0.25) is 0 Å². The fourth-order valence-corrected chi connectivity index (χ4v) is 0.254. The van der Waals surface area contributed by atoms with Crippen LogP contribution in [-0.4, -0.2) is 49.3 Å². The van der Waals surface area contributed by atoms with Crippen molar-refractivity contribution >= 4 is 23.5 Å². The number of hydrogen-bond acceptors (Lipinski definition) is 4. The molecule has 0 saturated carbocycles. The Morgan fingerprint density at radius 1 is 1.08 bits per heavy atom. The Hall–Kier alpha value is -1.04. The van der Waals surface area contributed by atoms with Gasteiger partial charge >= 0.3 is 11.3 Å². The van der Waals surface area contributed by atoms with Crippen molar-refractivity contribution in [3.05, 3.63) is 0 Å². The standard InChI is InChI=1S/C6H12N2O3S/c1-7(2)5(9)10-11-6(12)8(3)4/h1-4H3. The molecule has 0 aliphatic rings. The highest BCUT2D eigenvalue weighted by molar-refractivity contribution is 7.79. The van der Waals surface area contributed by atoms with Crippen LogP contribution in [0.1, 0.15) is 0 Å². The third kappa shape index (κ3) is 3.97. The Morgan fingerprint density at radius 2 is 1.58 bits per heavy atom. The van der Waals surface area contributed by atoms with E-state index in [0.717, 1.165) is 0 Å². The first-order valence-corrected chi connectivity index (χ1v) is 3.63. The number of thiocarbonyl (C=S) groups is 1. The molecule has 0 radical (unpaired) electrons. The largest absolute Gasteiger partial charge is 0.452 e. The predicted molar refractivity (Wildman–Crippen MR) is 47.5 cm³/mol. The van der Waals surface area contributed by atoms with Gasteiger partial charge in [-0.05, 0) is 12.2 Å². The highest BCUT2D eigenvalue weighted by Crippen LogP contribution is 1.91. The minimum atomic E-state index is -0.598. The summed E-state index contributed by atoms with van der Waals surface area (Å²) in [7, 11) is 6.46. The van der Waals surface area contributed by atoms with Gasteiger partial charge in [-0.2, -0.15) is 0 Å². The average molecular weight is 192 g/mol. The van der Waals surface area contributed by atoms with E-state index in [-0.39, 0.29) is 5.17 Å². The van der Waals surface area contributed by atoms with E-state index in [0.29, 0.717) is 0 Å². The van der Waals surface area contributed by atoms with Gasteiger partial charge < -0.3 is 9.80 Å². The lowest BCUT2D eigenvalue weighted by molar-refractivity contribution is -0.171. The van der Waals surface area contributed by atoms with Gasteiger partial charge in [0.1, 0.15) is 0 Å². The molecule has 0 aromatic carbocycles. The zero-order chi connectivity index (χ0) is 9.72. The molecule has 0 fully saturated rings. The Balaban J connectivity index is 3.69. The molecule has 0 rings (SSSR count). The first-order chi connectivity index (χ1) is 5.45. The van der Waals surface area contributed by atoms with Crippen LogP contribution in [-0.2, 0) is 9.78 Å². The molecule has 1 amide bonds. The van der Waals surface area contributed by atoms with Crippen LogP contribution in [0, 0.1) is 0 Å². The van der Waals surface area contributed by atoms with E-state index >= 15 is 0 Å². The molecule has 0 atom stereocenters. The highest BCUT2D eigenvalue weighted by atomic mass is 32.1. The second kappa shape index (κ2) is 4.76. The maximum atomic E-state index is 10.8. The van der Waals surface area contributed by atoms with Gasteiger partial charge in [0.15, 0.2) is 0 Å². The third-order valence-electron chi connectivity index (χ3n) is 0.915. The summed E-state index contributed by atoms with van der Waals surface area (Å²) in [5, 5.41) is 0.102. The molecule has 0 heterocycles. The Kier molecular flexibility index (Phi) is 4.35. The summed E-state index contributed by atoms with van der Waals surface area (Å²) in [4.78, 5) is 22.3. The minimum Gasteiger partial charge on any atom is -0.336 e. The zero-order valence-electron chi connectivity index (χ0n) is 7.53. The van der Waals surface area contributed by atoms with Crippen LogP contribution < -0.4 is 0 Å². The van der Waals surface area contributed by atoms with E-state index in [1.807, 2.05) is 0 Å². The van der Waals surface area contributed by atoms with Gasteiger partial charge in [0.25, 0.3) is 0 Å². The lowest BCUT2D eigenvalue weighted by Crippen LogP contribution is -2.28. The predicted octanol–water partition coefficient (Wildman–Crippen LogP) is 0.463. The second-order valence-corrected chi connectivity index (χ2v) is 2.84. The van der Waals surface area contributed by atoms with E-state index in [9.17, 15) is 4.79 Å². The summed E-state index contributed by atoms with van der Waals surface area (Å²) in [6, 6.07) is 0. The zero-order valence-corrected chi connectivity index (χ0v) is 8.34. The Bertz CT molecular complexity index is 162. The number of carbonyl (C=O) groups is 1. The van der Waals surface area contributed by atoms with Crippen LogP contribution in [0.2, 0.25) is 0 Å². The number of rotatable bonds is 0. The number of nitrogens with zero attached hydrogens (tertiary/aromatic N) is 2. The summed E-state index contributed by atoms with van der Waals surface area (Å²) in [5.41, 5.74) is 0. The first kappa shape index (κ1) is 11.0. The van der Waals surface area contributed by atoms with Crippen LogP contribution in [0.3, 0.4) is 0 Å². The fourth-order valence-electron chi connectivity index (χ4n) is 0.220. The number of hydrogen-bond donors (Lipinski definition) is 0. The molecule has 12 heavy (non-hydrogen) atoms. The van der Waals surface area contributed by atoms with Gasteiger partial charge in [0.05, 0.1) is 0 Å². The summed E-state index contributed by atoms with van der Waals surface area (Å²) < 4.78 is 0. The van der Waals surface area contributed by atoms with Crippen LogP contribution >= 0.6 is 12.2 Å². The van der Waals surface area contributed by atoms with E-state index in [2.05, 4.69) is 9.78 Å². The maximum Gasteiger partial charge on any atom is 0.452 e. The molecule has 70 valence electrons. The van der Waals surface area contributed by atoms with Crippen LogP contribution in [0.15, 0.2) is 0 Å². The molecule has 6 heteroatoms. The normalized spacial score (nSPS) is 8.67. The van der Waals surface area contributed by atoms with Gasteiger partial charge in [-0.1, -0.05) is 0 Å². The van der Waals surface area contributed by atoms with Crippen molar-refractivity contribution in [3.63, 3.8) is 0 Å². The molecule has 0 aliphatic carbocycles. The van der Waals surface area contributed by atoms with Crippen LogP contribution in [0.5, 0.6) is 0 Å². The van der Waals surface area contributed by atoms with Crippen LogP contribution in [0.25, 0.3) is 0 Å². The van der Waals surface area contributed by atoms with E-state index in [1.165, 1.54) is 9.80 Å². The molecule has 0 N–H and O–H groups in total. The molecule has 5 nitrogen and oxygen atoms in total. The Labute approximate surface area is 76.8 Å². The first-order valence-electron chi connectivity index (χ1n) is 3.22. The van der Waals surface area contributed by atoms with E-state index < -0.39 is 6.09 Å². The summed E-state index contributed by atoms with van der Waals surface area (Å²) in [6.45, 7) is 0. The molecule has 0 spiro atoms. The SMILES string of the molecule is CN(C)C(=O)OOC(=S)N(C)C. The summed E-state index contributed by atoms with van der Waals surface area (Å²) in [5.74, 6) is 0. The van der Waals surface area contributed by atoms with Gasteiger partial charge in [-0.15, -0.1) is 0 Å². The van der Waals surface area contributed by atoms with Crippen molar-refractivity contribution in [2.75, 3.05) is 28.2 Å². The molecule has 0 unspecified atom stereocenters. The van der Waals surface area contributed by atoms with Crippen LogP contribution in [0.4, 0.5) is 4.79 Å². The second-order valence-electron chi connectivity index (χ2n) is 2.49. The van der Waals surface area contributed by atoms with E-state index in [4.69, 9.17) is 12.2 Å². The van der Waals surface area contributed by atoms with Gasteiger partial charge in [0, 0.05) is 28.2 Å². The molecule has 0 bridgehead atoms. The van der Waals surface area contributed by atoms with Crippen molar-refractivity contribution in [1.29, 1.82) is 0 Å². The van der Waals surface area contributed by atoms with Gasteiger partial charge in [-0.25, -0.2) is 9.68 Å². The van der Waals surface area contributed by atoms with Crippen molar-refractivity contribution in [3.8, 4) is 0 Å². The highest BCUT2D eigenvalue weighted by Gasteiger charge is 2.08. The summed E-state index contributed by atoms with van der Waals surface area (Å²) in [6.07, 6.45) is -0.598. The van der Waals surface area contributed by atoms with E-state index in [1.54, 1.807) is 28.2 Å². The molecule has 0 aromatic rings. The lowest BCUT2D eigenvalue weighted by atomic mass is 10.9. The molecule has 0 aliphatic heterocycles. The lowest BCUT2D eigenvalue weighted by Gasteiger charge is -2.13. The van der Waals surface area contributed by atoms with Gasteiger partial charge in [-0.3, -0.25) is 4.89 Å². The number of carbonyl (C=O) groups excluding carboxylic acids is 1. The molecular weight excluding hydrogens is 180 g/mol. The Morgan fingerprint density at radius 3 is 1.92 bits per heavy atom. The monoisotopic (exact) mass is 192 g/mol. The quantitative estimate of drug-likeness (QED) is 0.317. The van der Waals surface area contributed by atoms with Crippen molar-refractivity contribution in [2.45, 2.75) is 0 Å². The topological polar surface area (TPSA) is 42.0 Å². The molecule has 0 saturated heterocycles. The number of amides is 1. The smallest absolute Gasteiger partial charge is 0.336 e. The molecule has 0 aromatic heterocycles. The molecular formula is C6H12N2O3S. The average Bonchev–Trinajstić information content (AvgIpc) is 1.98.